The molecule has 2 aromatic carbocycles. The van der Waals surface area contributed by atoms with E-state index in [0.717, 1.165) is 17.9 Å². The summed E-state index contributed by atoms with van der Waals surface area (Å²) in [5.41, 5.74) is 4.68. The molecule has 22 heavy (non-hydrogen) atoms. The Balaban J connectivity index is 2.00. The molecule has 0 spiro atoms. The molecule has 1 atom stereocenters. The van der Waals surface area contributed by atoms with Crippen LogP contribution in [0.5, 0.6) is 0 Å². The van der Waals surface area contributed by atoms with Crippen molar-refractivity contribution in [2.45, 2.75) is 27.1 Å². The predicted molar refractivity (Wildman–Crippen MR) is 93.1 cm³/mol. The molecule has 1 heterocycles. The Kier molecular flexibility index (Phi) is 3.61. The van der Waals surface area contributed by atoms with Crippen LogP contribution in [0.4, 0.5) is 11.4 Å². The molecular formula is C19H24N2O. The topological polar surface area (TPSA) is 26.7 Å². The van der Waals surface area contributed by atoms with Crippen LogP contribution in [-0.4, -0.2) is 25.1 Å². The van der Waals surface area contributed by atoms with E-state index in [1.807, 2.05) is 30.1 Å². The van der Waals surface area contributed by atoms with E-state index in [0.29, 0.717) is 0 Å². The smallest absolute Gasteiger partial charge is 0.207 e. The van der Waals surface area contributed by atoms with Crippen LogP contribution in [0.25, 0.3) is 11.1 Å². The van der Waals surface area contributed by atoms with E-state index >= 15 is 0 Å². The number of aliphatic hydroxyl groups excluding tert-OH is 1. The third kappa shape index (κ3) is 2.69. The Morgan fingerprint density at radius 1 is 0.955 bits per heavy atom. The lowest BCUT2D eigenvalue weighted by Gasteiger charge is -2.31. The highest BCUT2D eigenvalue weighted by molar-refractivity contribution is 5.82. The molecule has 3 rings (SSSR count). The van der Waals surface area contributed by atoms with E-state index in [1.165, 1.54) is 11.1 Å². The summed E-state index contributed by atoms with van der Waals surface area (Å²) in [6, 6.07) is 16.8. The minimum atomic E-state index is -0.597. The molecule has 0 radical (unpaired) electrons. The molecule has 116 valence electrons. The highest BCUT2D eigenvalue weighted by atomic mass is 16.3. The SMILES string of the molecule is CN1c2cc(-c3ccccc3)ccc2N(CC(C)(C)C)C1O. The monoisotopic (exact) mass is 296 g/mol. The molecule has 0 aromatic heterocycles. The first-order valence-electron chi connectivity index (χ1n) is 7.74. The summed E-state index contributed by atoms with van der Waals surface area (Å²) in [5, 5.41) is 10.6. The second-order valence-corrected chi connectivity index (χ2v) is 7.22. The van der Waals surface area contributed by atoms with Crippen molar-refractivity contribution in [2.75, 3.05) is 23.4 Å². The van der Waals surface area contributed by atoms with E-state index in [-0.39, 0.29) is 5.41 Å². The second kappa shape index (κ2) is 5.33. The largest absolute Gasteiger partial charge is 0.356 e. The van der Waals surface area contributed by atoms with Gasteiger partial charge in [0.15, 0.2) is 0 Å². The Morgan fingerprint density at radius 2 is 1.64 bits per heavy atom. The molecule has 2 aromatic rings. The fraction of sp³-hybridized carbons (Fsp3) is 0.368. The number of benzene rings is 2. The molecule has 0 amide bonds. The zero-order valence-corrected chi connectivity index (χ0v) is 13.7. The predicted octanol–water partition coefficient (Wildman–Crippen LogP) is 3.93. The fourth-order valence-corrected chi connectivity index (χ4v) is 2.99. The molecular weight excluding hydrogens is 272 g/mol. The maximum Gasteiger partial charge on any atom is 0.207 e. The van der Waals surface area contributed by atoms with Crippen molar-refractivity contribution in [3.8, 4) is 11.1 Å². The number of hydrogen-bond acceptors (Lipinski definition) is 3. The van der Waals surface area contributed by atoms with Gasteiger partial charge >= 0.3 is 0 Å². The summed E-state index contributed by atoms with van der Waals surface area (Å²) in [4.78, 5) is 4.01. The number of hydrogen-bond donors (Lipinski definition) is 1. The third-order valence-corrected chi connectivity index (χ3v) is 4.04. The summed E-state index contributed by atoms with van der Waals surface area (Å²) < 4.78 is 0. The maximum atomic E-state index is 10.6. The first-order chi connectivity index (χ1) is 10.4. The van der Waals surface area contributed by atoms with Gasteiger partial charge in [-0.05, 0) is 28.7 Å². The van der Waals surface area contributed by atoms with Gasteiger partial charge in [0.05, 0.1) is 11.4 Å². The molecule has 1 aliphatic rings. The molecule has 0 bridgehead atoms. The van der Waals surface area contributed by atoms with Gasteiger partial charge in [0, 0.05) is 13.6 Å². The number of anilines is 2. The number of fused-ring (bicyclic) bond motifs is 1. The van der Waals surface area contributed by atoms with Gasteiger partial charge in [-0.1, -0.05) is 57.2 Å². The summed E-state index contributed by atoms with van der Waals surface area (Å²) in [6.07, 6.45) is -0.597. The van der Waals surface area contributed by atoms with Crippen molar-refractivity contribution in [3.05, 3.63) is 48.5 Å². The lowest BCUT2D eigenvalue weighted by atomic mass is 9.96. The number of aliphatic hydroxyl groups is 1. The lowest BCUT2D eigenvalue weighted by Crippen LogP contribution is -2.44. The summed E-state index contributed by atoms with van der Waals surface area (Å²) >= 11 is 0. The number of rotatable bonds is 2. The van der Waals surface area contributed by atoms with Gasteiger partial charge in [-0.3, -0.25) is 0 Å². The molecule has 0 saturated carbocycles. The minimum absolute atomic E-state index is 0.127. The van der Waals surface area contributed by atoms with Gasteiger partial charge in [0.2, 0.25) is 6.35 Å². The zero-order chi connectivity index (χ0) is 15.9. The average molecular weight is 296 g/mol. The Labute approximate surface area is 132 Å². The Bertz CT molecular complexity index is 661. The minimum Gasteiger partial charge on any atom is -0.356 e. The van der Waals surface area contributed by atoms with Crippen LogP contribution in [-0.2, 0) is 0 Å². The van der Waals surface area contributed by atoms with Crippen LogP contribution in [0.2, 0.25) is 0 Å². The Hall–Kier alpha value is -2.00. The fourth-order valence-electron chi connectivity index (χ4n) is 2.99. The molecule has 3 heteroatoms. The summed E-state index contributed by atoms with van der Waals surface area (Å²) in [7, 11) is 1.95. The molecule has 0 aliphatic carbocycles. The highest BCUT2D eigenvalue weighted by Gasteiger charge is 2.34. The van der Waals surface area contributed by atoms with Crippen molar-refractivity contribution >= 4 is 11.4 Å². The Morgan fingerprint density at radius 3 is 2.27 bits per heavy atom. The van der Waals surface area contributed by atoms with Gasteiger partial charge in [-0.2, -0.15) is 0 Å². The van der Waals surface area contributed by atoms with Gasteiger partial charge in [0.25, 0.3) is 0 Å². The van der Waals surface area contributed by atoms with E-state index < -0.39 is 6.35 Å². The summed E-state index contributed by atoms with van der Waals surface area (Å²) in [5.74, 6) is 0. The van der Waals surface area contributed by atoms with Crippen LogP contribution in [0.1, 0.15) is 20.8 Å². The summed E-state index contributed by atoms with van der Waals surface area (Å²) in [6.45, 7) is 7.39. The highest BCUT2D eigenvalue weighted by Crippen LogP contribution is 2.41. The maximum absolute atomic E-state index is 10.6. The van der Waals surface area contributed by atoms with Crippen LogP contribution in [0.3, 0.4) is 0 Å². The van der Waals surface area contributed by atoms with Crippen LogP contribution < -0.4 is 9.80 Å². The normalized spacial score (nSPS) is 17.8. The molecule has 1 aliphatic heterocycles. The average Bonchev–Trinajstić information content (AvgIpc) is 2.71. The molecule has 0 saturated heterocycles. The van der Waals surface area contributed by atoms with Gasteiger partial charge in [-0.25, -0.2) is 0 Å². The van der Waals surface area contributed by atoms with E-state index in [4.69, 9.17) is 0 Å². The van der Waals surface area contributed by atoms with E-state index in [1.54, 1.807) is 0 Å². The standard InChI is InChI=1S/C19H24N2O/c1-19(2,3)13-21-16-11-10-15(14-8-6-5-7-9-14)12-17(16)20(4)18(21)22/h5-12,18,22H,13H2,1-4H3. The van der Waals surface area contributed by atoms with Gasteiger partial charge < -0.3 is 14.9 Å². The first-order valence-corrected chi connectivity index (χ1v) is 7.74. The molecule has 1 N–H and O–H groups in total. The van der Waals surface area contributed by atoms with Crippen molar-refractivity contribution in [1.82, 2.24) is 0 Å². The molecule has 1 unspecified atom stereocenters. The van der Waals surface area contributed by atoms with Gasteiger partial charge in [0.1, 0.15) is 0 Å². The molecule has 3 nitrogen and oxygen atoms in total. The molecule has 0 fully saturated rings. The third-order valence-electron chi connectivity index (χ3n) is 4.04. The van der Waals surface area contributed by atoms with Crippen molar-refractivity contribution < 1.29 is 5.11 Å². The van der Waals surface area contributed by atoms with E-state index in [9.17, 15) is 5.11 Å². The first kappa shape index (κ1) is 14.9. The van der Waals surface area contributed by atoms with Crippen LogP contribution in [0.15, 0.2) is 48.5 Å². The lowest BCUT2D eigenvalue weighted by molar-refractivity contribution is 0.166. The van der Waals surface area contributed by atoms with Gasteiger partial charge in [-0.15, -0.1) is 0 Å². The zero-order valence-electron chi connectivity index (χ0n) is 13.7. The second-order valence-electron chi connectivity index (χ2n) is 7.22. The van der Waals surface area contributed by atoms with Crippen molar-refractivity contribution in [1.29, 1.82) is 0 Å². The number of nitrogens with zero attached hydrogens (tertiary/aromatic N) is 2. The van der Waals surface area contributed by atoms with Crippen LogP contribution >= 0.6 is 0 Å². The van der Waals surface area contributed by atoms with E-state index in [2.05, 4.69) is 56.0 Å². The van der Waals surface area contributed by atoms with Crippen molar-refractivity contribution in [3.63, 3.8) is 0 Å². The van der Waals surface area contributed by atoms with Crippen molar-refractivity contribution in [2.24, 2.45) is 5.41 Å². The quantitative estimate of drug-likeness (QED) is 0.909. The van der Waals surface area contributed by atoms with Crippen LogP contribution in [0, 0.1) is 5.41 Å².